The third-order valence-electron chi connectivity index (χ3n) is 2.35. The zero-order valence-electron chi connectivity index (χ0n) is 9.54. The molecule has 0 radical (unpaired) electrons. The minimum absolute atomic E-state index is 0.0763. The normalized spacial score (nSPS) is 9.89. The average molecular weight is 291 g/mol. The van der Waals surface area contributed by atoms with E-state index in [9.17, 15) is 10.1 Å². The van der Waals surface area contributed by atoms with Gasteiger partial charge < -0.3 is 0 Å². The monoisotopic (exact) mass is 290 g/mol. The molecule has 2 aromatic rings. The van der Waals surface area contributed by atoms with Crippen LogP contribution in [0.5, 0.6) is 0 Å². The fourth-order valence-electron chi connectivity index (χ4n) is 1.50. The highest BCUT2D eigenvalue weighted by Crippen LogP contribution is 2.34. The highest BCUT2D eigenvalue weighted by molar-refractivity contribution is 7.99. The molecule has 19 heavy (non-hydrogen) atoms. The molecule has 0 spiro atoms. The van der Waals surface area contributed by atoms with E-state index < -0.39 is 4.92 Å². The van der Waals surface area contributed by atoms with Gasteiger partial charge in [0.25, 0.3) is 5.69 Å². The molecule has 4 nitrogen and oxygen atoms in total. The van der Waals surface area contributed by atoms with E-state index in [2.05, 4.69) is 0 Å². The lowest BCUT2D eigenvalue weighted by atomic mass is 10.2. The maximum Gasteiger partial charge on any atom is 0.288 e. The Bertz CT molecular complexity index is 665. The van der Waals surface area contributed by atoms with Crippen molar-refractivity contribution in [2.75, 3.05) is 0 Å². The third kappa shape index (κ3) is 3.05. The number of benzene rings is 2. The van der Waals surface area contributed by atoms with Crippen molar-refractivity contribution in [3.63, 3.8) is 0 Å². The predicted molar refractivity (Wildman–Crippen MR) is 73.4 cm³/mol. The van der Waals surface area contributed by atoms with Crippen LogP contribution in [0, 0.1) is 21.4 Å². The Morgan fingerprint density at radius 2 is 1.89 bits per heavy atom. The average Bonchev–Trinajstić information content (AvgIpc) is 2.41. The van der Waals surface area contributed by atoms with Gasteiger partial charge in [-0.15, -0.1) is 0 Å². The summed E-state index contributed by atoms with van der Waals surface area (Å²) in [5.74, 6) is 0. The molecule has 94 valence electrons. The van der Waals surface area contributed by atoms with Crippen LogP contribution in [-0.4, -0.2) is 4.92 Å². The molecule has 0 N–H and O–H groups in total. The number of hydrogen-bond acceptors (Lipinski definition) is 4. The van der Waals surface area contributed by atoms with Crippen LogP contribution in [0.2, 0.25) is 5.02 Å². The quantitative estimate of drug-likeness (QED) is 0.625. The largest absolute Gasteiger partial charge is 0.288 e. The van der Waals surface area contributed by atoms with Crippen LogP contribution < -0.4 is 0 Å². The van der Waals surface area contributed by atoms with Crippen molar-refractivity contribution < 1.29 is 4.92 Å². The molecular weight excluding hydrogens is 284 g/mol. The number of halogens is 1. The molecule has 6 heteroatoms. The van der Waals surface area contributed by atoms with Gasteiger partial charge in [0.05, 0.1) is 4.92 Å². The number of nitro benzene ring substituents is 1. The van der Waals surface area contributed by atoms with Crippen molar-refractivity contribution in [3.05, 3.63) is 63.2 Å². The van der Waals surface area contributed by atoms with Crippen LogP contribution in [-0.2, 0) is 0 Å². The third-order valence-corrected chi connectivity index (χ3v) is 3.67. The highest BCUT2D eigenvalue weighted by atomic mass is 35.5. The standard InChI is InChI=1S/C13H7ClN2O2S/c14-9-4-6-10(7-5-9)19-13-3-1-2-12(16(17)18)11(13)8-15/h1-7H. The number of nitrogens with zero attached hydrogens (tertiary/aromatic N) is 2. The van der Waals surface area contributed by atoms with Crippen molar-refractivity contribution in [1.29, 1.82) is 5.26 Å². The fourth-order valence-corrected chi connectivity index (χ4v) is 2.55. The van der Waals surface area contributed by atoms with E-state index in [4.69, 9.17) is 16.9 Å². The van der Waals surface area contributed by atoms with Gasteiger partial charge in [-0.2, -0.15) is 5.26 Å². The van der Waals surface area contributed by atoms with Crippen LogP contribution in [0.3, 0.4) is 0 Å². The van der Waals surface area contributed by atoms with Crippen LogP contribution in [0.25, 0.3) is 0 Å². The maximum atomic E-state index is 10.9. The zero-order valence-corrected chi connectivity index (χ0v) is 11.1. The first-order chi connectivity index (χ1) is 9.11. The predicted octanol–water partition coefficient (Wildman–Crippen LogP) is 4.27. The second-order valence-electron chi connectivity index (χ2n) is 3.58. The fraction of sp³-hybridized carbons (Fsp3) is 0. The first-order valence-electron chi connectivity index (χ1n) is 5.22. The van der Waals surface area contributed by atoms with Crippen LogP contribution in [0.15, 0.2) is 52.3 Å². The molecule has 2 rings (SSSR count). The van der Waals surface area contributed by atoms with Gasteiger partial charge in [-0.25, -0.2) is 0 Å². The summed E-state index contributed by atoms with van der Waals surface area (Å²) in [7, 11) is 0. The minimum Gasteiger partial charge on any atom is -0.258 e. The maximum absolute atomic E-state index is 10.9. The van der Waals surface area contributed by atoms with E-state index in [1.807, 2.05) is 6.07 Å². The summed E-state index contributed by atoms with van der Waals surface area (Å²) in [5, 5.41) is 20.6. The molecule has 0 saturated heterocycles. The molecule has 0 aromatic heterocycles. The van der Waals surface area contributed by atoms with Crippen molar-refractivity contribution in [2.45, 2.75) is 9.79 Å². The molecule has 0 aliphatic heterocycles. The van der Waals surface area contributed by atoms with Crippen LogP contribution in [0.4, 0.5) is 5.69 Å². The summed E-state index contributed by atoms with van der Waals surface area (Å²) in [5.41, 5.74) is -0.103. The Morgan fingerprint density at radius 1 is 1.21 bits per heavy atom. The van der Waals surface area contributed by atoms with Crippen molar-refractivity contribution in [3.8, 4) is 6.07 Å². The zero-order chi connectivity index (χ0) is 13.8. The summed E-state index contributed by atoms with van der Waals surface area (Å²) in [6.07, 6.45) is 0. The Hall–Kier alpha value is -2.03. The van der Waals surface area contributed by atoms with E-state index in [-0.39, 0.29) is 11.3 Å². The molecule has 0 amide bonds. The van der Waals surface area contributed by atoms with Crippen molar-refractivity contribution in [2.24, 2.45) is 0 Å². The lowest BCUT2D eigenvalue weighted by molar-refractivity contribution is -0.385. The number of hydrogen-bond donors (Lipinski definition) is 0. The van der Waals surface area contributed by atoms with E-state index in [0.717, 1.165) is 4.90 Å². The van der Waals surface area contributed by atoms with Gasteiger partial charge in [-0.1, -0.05) is 29.4 Å². The molecule has 0 heterocycles. The van der Waals surface area contributed by atoms with Crippen molar-refractivity contribution in [1.82, 2.24) is 0 Å². The van der Waals surface area contributed by atoms with Crippen molar-refractivity contribution >= 4 is 29.1 Å². The molecule has 0 bridgehead atoms. The number of nitro groups is 1. The molecular formula is C13H7ClN2O2S. The van der Waals surface area contributed by atoms with Gasteiger partial charge in [-0.05, 0) is 30.3 Å². The van der Waals surface area contributed by atoms with Gasteiger partial charge in [0.2, 0.25) is 0 Å². The Balaban J connectivity index is 2.40. The Labute approximate surface area is 118 Å². The summed E-state index contributed by atoms with van der Waals surface area (Å²) in [6.45, 7) is 0. The van der Waals surface area contributed by atoms with E-state index in [1.165, 1.54) is 17.8 Å². The topological polar surface area (TPSA) is 66.9 Å². The first-order valence-corrected chi connectivity index (χ1v) is 6.42. The van der Waals surface area contributed by atoms with Gasteiger partial charge in [-0.3, -0.25) is 10.1 Å². The lowest BCUT2D eigenvalue weighted by Crippen LogP contribution is -1.93. The van der Waals surface area contributed by atoms with Gasteiger partial charge in [0.1, 0.15) is 11.6 Å². The second kappa shape index (κ2) is 5.74. The summed E-state index contributed by atoms with van der Waals surface area (Å²) >= 11 is 7.08. The number of nitriles is 1. The Morgan fingerprint density at radius 3 is 2.47 bits per heavy atom. The van der Waals surface area contributed by atoms with Crippen LogP contribution >= 0.6 is 23.4 Å². The minimum atomic E-state index is -0.551. The van der Waals surface area contributed by atoms with Gasteiger partial charge >= 0.3 is 0 Å². The number of rotatable bonds is 3. The SMILES string of the molecule is N#Cc1c(Sc2ccc(Cl)cc2)cccc1[N+](=O)[O-]. The molecule has 0 aliphatic rings. The highest BCUT2D eigenvalue weighted by Gasteiger charge is 2.17. The summed E-state index contributed by atoms with van der Waals surface area (Å²) in [6, 6.07) is 13.5. The molecule has 0 saturated carbocycles. The molecule has 0 atom stereocenters. The molecule has 2 aromatic carbocycles. The van der Waals surface area contributed by atoms with Gasteiger partial charge in [0.15, 0.2) is 0 Å². The van der Waals surface area contributed by atoms with Crippen LogP contribution in [0.1, 0.15) is 5.56 Å². The Kier molecular flexibility index (Phi) is 4.05. The van der Waals surface area contributed by atoms with Gasteiger partial charge in [0, 0.05) is 20.9 Å². The molecule has 0 fully saturated rings. The summed E-state index contributed by atoms with van der Waals surface area (Å²) in [4.78, 5) is 11.7. The lowest BCUT2D eigenvalue weighted by Gasteiger charge is -2.04. The first kappa shape index (κ1) is 13.4. The molecule has 0 unspecified atom stereocenters. The summed E-state index contributed by atoms with van der Waals surface area (Å²) < 4.78 is 0. The van der Waals surface area contributed by atoms with E-state index >= 15 is 0 Å². The molecule has 0 aliphatic carbocycles. The second-order valence-corrected chi connectivity index (χ2v) is 5.13. The van der Waals surface area contributed by atoms with E-state index in [0.29, 0.717) is 9.92 Å². The smallest absolute Gasteiger partial charge is 0.258 e. The van der Waals surface area contributed by atoms with E-state index in [1.54, 1.807) is 36.4 Å².